The van der Waals surface area contributed by atoms with Gasteiger partial charge < -0.3 is 45.2 Å². The molecule has 1 aliphatic rings. The summed E-state index contributed by atoms with van der Waals surface area (Å²) in [7, 11) is -4.44. The van der Waals surface area contributed by atoms with Crippen molar-refractivity contribution in [2.24, 2.45) is 16.5 Å². The minimum Gasteiger partial charge on any atom is -0.449 e. The number of aromatic nitrogens is 1. The third-order valence-electron chi connectivity index (χ3n) is 6.30. The number of hydrogen-bond donors (Lipinski definition) is 4. The minimum atomic E-state index is -4.44. The number of hydrogen-bond acceptors (Lipinski definition) is 12. The lowest BCUT2D eigenvalue weighted by Crippen LogP contribution is -2.29. The zero-order valence-electron chi connectivity index (χ0n) is 25.6. The monoisotopic (exact) mass is 663 g/mol. The Morgan fingerprint density at radius 2 is 1.49 bits per heavy atom. The van der Waals surface area contributed by atoms with E-state index in [2.05, 4.69) is 19.5 Å². The van der Waals surface area contributed by atoms with Crippen LogP contribution in [0, 0.1) is 6.92 Å². The number of aliphatic imine (C=N–C) groups is 1. The van der Waals surface area contributed by atoms with Crippen LogP contribution in [0.4, 0.5) is 4.79 Å². The number of nitrogens with two attached hydrogens (primary N) is 2. The van der Waals surface area contributed by atoms with E-state index < -0.39 is 22.4 Å². The van der Waals surface area contributed by atoms with Gasteiger partial charge in [0.05, 0.1) is 89.6 Å². The van der Waals surface area contributed by atoms with E-state index in [1.54, 1.807) is 13.0 Å². The second-order valence-corrected chi connectivity index (χ2v) is 10.9. The number of pyridine rings is 1. The first-order valence-electron chi connectivity index (χ1n) is 14.6. The molecule has 0 saturated carbocycles. The van der Waals surface area contributed by atoms with Crippen molar-refractivity contribution >= 4 is 28.4 Å². The number of amides is 2. The van der Waals surface area contributed by atoms with E-state index in [1.165, 1.54) is 0 Å². The fourth-order valence-corrected chi connectivity index (χ4v) is 4.53. The molecule has 1 atom stereocenters. The standard InChI is InChI=1S/C27H45N5O12S/c1-20-23(25(33)32-26(28)29)18-21-4-2-3-5-22(24(21)31-20)19-43-27(34)30-6-7-38-8-9-39-10-11-40-12-13-41-14-15-42-16-17-44-45(35,36)37/h18,22H,2-17,19H2,1H3,(H,30,34)(H,35,36,37)(H4,28,29,32,33). The van der Waals surface area contributed by atoms with Crippen LogP contribution in [0.1, 0.15) is 52.5 Å². The summed E-state index contributed by atoms with van der Waals surface area (Å²) in [5.74, 6) is -0.921. The van der Waals surface area contributed by atoms with Gasteiger partial charge in [-0.1, -0.05) is 6.42 Å². The van der Waals surface area contributed by atoms with Gasteiger partial charge in [0.1, 0.15) is 6.61 Å². The number of ether oxygens (including phenoxy) is 6. The van der Waals surface area contributed by atoms with Gasteiger partial charge >= 0.3 is 16.5 Å². The van der Waals surface area contributed by atoms with Crippen molar-refractivity contribution in [3.8, 4) is 0 Å². The first-order chi connectivity index (χ1) is 21.6. The molecule has 1 aromatic rings. The van der Waals surface area contributed by atoms with Gasteiger partial charge in [0, 0.05) is 12.5 Å². The second-order valence-electron chi connectivity index (χ2n) is 9.79. The van der Waals surface area contributed by atoms with Gasteiger partial charge in [-0.2, -0.15) is 13.4 Å². The predicted molar refractivity (Wildman–Crippen MR) is 160 cm³/mol. The van der Waals surface area contributed by atoms with Gasteiger partial charge in [0.15, 0.2) is 5.96 Å². The number of alkyl carbamates (subject to hydrolysis) is 1. The number of carbonyl (C=O) groups is 2. The summed E-state index contributed by atoms with van der Waals surface area (Å²) in [6.07, 6.45) is 2.91. The van der Waals surface area contributed by atoms with E-state index in [0.29, 0.717) is 64.1 Å². The number of fused-ring (bicyclic) bond motifs is 1. The third kappa shape index (κ3) is 17.3. The largest absolute Gasteiger partial charge is 0.449 e. The molecule has 6 N–H and O–H groups in total. The first kappa shape index (κ1) is 38.2. The highest BCUT2D eigenvalue weighted by atomic mass is 32.3. The van der Waals surface area contributed by atoms with E-state index in [0.717, 1.165) is 36.9 Å². The highest BCUT2D eigenvalue weighted by molar-refractivity contribution is 7.80. The number of nitrogens with one attached hydrogen (secondary N) is 1. The van der Waals surface area contributed by atoms with E-state index in [-0.39, 0.29) is 44.8 Å². The Bertz CT molecular complexity index is 1180. The minimum absolute atomic E-state index is 0.0102. The lowest BCUT2D eigenvalue weighted by Gasteiger charge is -2.18. The normalized spacial score (nSPS) is 14.8. The Labute approximate surface area is 263 Å². The van der Waals surface area contributed by atoms with Crippen LogP contribution in [-0.2, 0) is 49.4 Å². The van der Waals surface area contributed by atoms with Crippen LogP contribution in [0.5, 0.6) is 0 Å². The maximum Gasteiger partial charge on any atom is 0.407 e. The van der Waals surface area contributed by atoms with Crippen molar-refractivity contribution in [2.45, 2.75) is 38.5 Å². The molecule has 45 heavy (non-hydrogen) atoms. The summed E-state index contributed by atoms with van der Waals surface area (Å²) >= 11 is 0. The molecular formula is C27H45N5O12S. The number of guanidine groups is 1. The zero-order valence-corrected chi connectivity index (χ0v) is 26.4. The lowest BCUT2D eigenvalue weighted by atomic mass is 9.96. The van der Waals surface area contributed by atoms with Gasteiger partial charge in [-0.15, -0.1) is 0 Å². The van der Waals surface area contributed by atoms with Crippen LogP contribution in [0.3, 0.4) is 0 Å². The third-order valence-corrected chi connectivity index (χ3v) is 6.77. The lowest BCUT2D eigenvalue weighted by molar-refractivity contribution is -0.0125. The molecule has 256 valence electrons. The Morgan fingerprint density at radius 3 is 2.04 bits per heavy atom. The molecule has 0 bridgehead atoms. The highest BCUT2D eigenvalue weighted by Gasteiger charge is 2.24. The van der Waals surface area contributed by atoms with E-state index >= 15 is 0 Å². The molecule has 1 unspecified atom stereocenters. The van der Waals surface area contributed by atoms with Crippen LogP contribution < -0.4 is 16.8 Å². The van der Waals surface area contributed by atoms with Crippen molar-refractivity contribution in [1.82, 2.24) is 10.3 Å². The Morgan fingerprint density at radius 1 is 0.933 bits per heavy atom. The van der Waals surface area contributed by atoms with Crippen molar-refractivity contribution in [2.75, 3.05) is 85.8 Å². The fourth-order valence-electron chi connectivity index (χ4n) is 4.25. The summed E-state index contributed by atoms with van der Waals surface area (Å²) in [6.45, 7) is 4.99. The zero-order chi connectivity index (χ0) is 32.9. The molecule has 1 heterocycles. The molecule has 0 radical (unpaired) electrons. The molecule has 0 spiro atoms. The molecule has 0 aliphatic heterocycles. The average Bonchev–Trinajstić information content (AvgIpc) is 3.17. The van der Waals surface area contributed by atoms with Gasteiger partial charge in [0.2, 0.25) is 0 Å². The van der Waals surface area contributed by atoms with Crippen LogP contribution in [0.15, 0.2) is 11.1 Å². The number of aryl methyl sites for hydroxylation is 2. The molecule has 1 aromatic heterocycles. The second kappa shape index (κ2) is 21.7. The fraction of sp³-hybridized carbons (Fsp3) is 0.704. The number of nitrogens with zero attached hydrogens (tertiary/aromatic N) is 2. The maximum absolute atomic E-state index is 12.4. The highest BCUT2D eigenvalue weighted by Crippen LogP contribution is 2.31. The van der Waals surface area contributed by atoms with Crippen molar-refractivity contribution in [1.29, 1.82) is 0 Å². The quantitative estimate of drug-likeness (QED) is 0.0427. The molecule has 18 heteroatoms. The Hall–Kier alpha value is -2.97. The summed E-state index contributed by atoms with van der Waals surface area (Å²) in [5.41, 5.74) is 13.3. The van der Waals surface area contributed by atoms with Gasteiger partial charge in [-0.05, 0) is 37.8 Å². The topological polar surface area (TPSA) is 242 Å². The van der Waals surface area contributed by atoms with E-state index in [1.807, 2.05) is 0 Å². The predicted octanol–water partition coefficient (Wildman–Crippen LogP) is 0.242. The van der Waals surface area contributed by atoms with Crippen LogP contribution >= 0.6 is 0 Å². The number of carbonyl (C=O) groups excluding carboxylic acids is 2. The molecule has 0 fully saturated rings. The summed E-state index contributed by atoms with van der Waals surface area (Å²) in [6, 6.07) is 1.79. The molecule has 17 nitrogen and oxygen atoms in total. The Kier molecular flexibility index (Phi) is 18.4. The summed E-state index contributed by atoms with van der Waals surface area (Å²) in [4.78, 5) is 32.9. The first-order valence-corrected chi connectivity index (χ1v) is 16.0. The maximum atomic E-state index is 12.4. The molecule has 1 aliphatic carbocycles. The van der Waals surface area contributed by atoms with E-state index in [9.17, 15) is 18.0 Å². The average molecular weight is 664 g/mol. The number of rotatable bonds is 22. The van der Waals surface area contributed by atoms with Crippen molar-refractivity contribution in [3.63, 3.8) is 0 Å². The van der Waals surface area contributed by atoms with Gasteiger partial charge in [-0.25, -0.2) is 8.98 Å². The van der Waals surface area contributed by atoms with Gasteiger partial charge in [0.25, 0.3) is 5.91 Å². The van der Waals surface area contributed by atoms with Crippen molar-refractivity contribution in [3.05, 3.63) is 28.6 Å². The molecule has 0 aromatic carbocycles. The van der Waals surface area contributed by atoms with Crippen LogP contribution in [-0.4, -0.2) is 122 Å². The smallest absolute Gasteiger partial charge is 0.407 e. The molecule has 2 rings (SSSR count). The summed E-state index contributed by atoms with van der Waals surface area (Å²) < 4.78 is 65.3. The molecular weight excluding hydrogens is 618 g/mol. The van der Waals surface area contributed by atoms with Crippen LogP contribution in [0.2, 0.25) is 0 Å². The SMILES string of the molecule is Cc1nc2c(cc1C(=O)N=C(N)N)CCCCC2COC(=O)NCCOCCOCCOCCOCCOCCOS(=O)(=O)O. The van der Waals surface area contributed by atoms with E-state index in [4.69, 9.17) is 44.4 Å². The van der Waals surface area contributed by atoms with Gasteiger partial charge in [-0.3, -0.25) is 14.3 Å². The van der Waals surface area contributed by atoms with Crippen LogP contribution in [0.25, 0.3) is 0 Å². The Balaban J connectivity index is 1.47. The van der Waals surface area contributed by atoms with Crippen molar-refractivity contribution < 1.29 is 55.2 Å². The summed E-state index contributed by atoms with van der Waals surface area (Å²) in [5, 5.41) is 2.67. The molecule has 0 saturated heterocycles. The molecule has 2 amide bonds.